The van der Waals surface area contributed by atoms with Gasteiger partial charge in [0.15, 0.2) is 5.82 Å². The first-order valence-corrected chi connectivity index (χ1v) is 7.55. The van der Waals surface area contributed by atoms with Crippen LogP contribution in [0.3, 0.4) is 0 Å². The molecule has 112 valence electrons. The molecule has 0 spiro atoms. The van der Waals surface area contributed by atoms with Crippen LogP contribution in [0.25, 0.3) is 0 Å². The molecule has 4 rings (SSSR count). The molecule has 1 N–H and O–H groups in total. The Morgan fingerprint density at radius 1 is 1.24 bits per heavy atom. The Kier molecular flexibility index (Phi) is 3.23. The molecule has 2 aromatic rings. The average molecular weight is 288 g/mol. The van der Waals surface area contributed by atoms with Crippen LogP contribution in [0, 0.1) is 0 Å². The number of hydrogen-bond acceptors (Lipinski definition) is 5. The first-order chi connectivity index (χ1) is 10.3. The minimum absolute atomic E-state index is 0.0912. The lowest BCUT2D eigenvalue weighted by atomic mass is 9.99. The molecule has 0 radical (unpaired) electrons. The lowest BCUT2D eigenvalue weighted by Gasteiger charge is -2.27. The molecule has 0 saturated carbocycles. The standard InChI is InChI=1S/C14H20N6O/c1-19-9-11(8-16-19)12-14-18-17-13(20(14)5-4-15-12)10-2-6-21-7-3-10/h8-10,12,15H,2-7H2,1H3. The Bertz CT molecular complexity index is 627. The van der Waals surface area contributed by atoms with E-state index in [1.165, 1.54) is 0 Å². The highest BCUT2D eigenvalue weighted by Crippen LogP contribution is 2.30. The van der Waals surface area contributed by atoms with Crippen molar-refractivity contribution in [1.29, 1.82) is 0 Å². The highest BCUT2D eigenvalue weighted by atomic mass is 16.5. The number of fused-ring (bicyclic) bond motifs is 1. The van der Waals surface area contributed by atoms with E-state index in [-0.39, 0.29) is 6.04 Å². The summed E-state index contributed by atoms with van der Waals surface area (Å²) in [5.74, 6) is 2.62. The average Bonchev–Trinajstić information content (AvgIpc) is 3.14. The second-order valence-corrected chi connectivity index (χ2v) is 5.79. The molecule has 0 bridgehead atoms. The second-order valence-electron chi connectivity index (χ2n) is 5.79. The summed E-state index contributed by atoms with van der Waals surface area (Å²) in [4.78, 5) is 0. The van der Waals surface area contributed by atoms with Crippen molar-refractivity contribution in [2.45, 2.75) is 31.3 Å². The van der Waals surface area contributed by atoms with E-state index >= 15 is 0 Å². The zero-order valence-corrected chi connectivity index (χ0v) is 12.2. The van der Waals surface area contributed by atoms with Gasteiger partial charge < -0.3 is 14.6 Å². The first-order valence-electron chi connectivity index (χ1n) is 7.55. The summed E-state index contributed by atoms with van der Waals surface area (Å²) < 4.78 is 9.58. The van der Waals surface area contributed by atoms with Gasteiger partial charge in [-0.05, 0) is 12.8 Å². The van der Waals surface area contributed by atoms with Gasteiger partial charge in [-0.25, -0.2) is 0 Å². The lowest BCUT2D eigenvalue weighted by Crippen LogP contribution is -2.35. The monoisotopic (exact) mass is 288 g/mol. The zero-order chi connectivity index (χ0) is 14.2. The molecule has 2 aromatic heterocycles. The molecule has 1 saturated heterocycles. The molecule has 0 aliphatic carbocycles. The minimum atomic E-state index is 0.0912. The van der Waals surface area contributed by atoms with Crippen LogP contribution in [0.5, 0.6) is 0 Å². The van der Waals surface area contributed by atoms with Gasteiger partial charge in [0.1, 0.15) is 5.82 Å². The van der Waals surface area contributed by atoms with Crippen molar-refractivity contribution in [2.75, 3.05) is 19.8 Å². The van der Waals surface area contributed by atoms with E-state index in [1.54, 1.807) is 0 Å². The van der Waals surface area contributed by atoms with Crippen LogP contribution in [0.15, 0.2) is 12.4 Å². The Morgan fingerprint density at radius 3 is 2.81 bits per heavy atom. The highest BCUT2D eigenvalue weighted by Gasteiger charge is 2.30. The Morgan fingerprint density at radius 2 is 2.05 bits per heavy atom. The predicted octanol–water partition coefficient (Wildman–Crippen LogP) is 0.598. The third-order valence-electron chi connectivity index (χ3n) is 4.39. The number of rotatable bonds is 2. The second kappa shape index (κ2) is 5.23. The van der Waals surface area contributed by atoms with Crippen LogP contribution in [-0.4, -0.2) is 44.3 Å². The van der Waals surface area contributed by atoms with E-state index in [4.69, 9.17) is 4.74 Å². The quantitative estimate of drug-likeness (QED) is 0.876. The van der Waals surface area contributed by atoms with Gasteiger partial charge in [-0.2, -0.15) is 5.10 Å². The number of nitrogens with zero attached hydrogens (tertiary/aromatic N) is 5. The molecule has 2 aliphatic heterocycles. The number of aromatic nitrogens is 5. The van der Waals surface area contributed by atoms with Crippen LogP contribution in [-0.2, 0) is 18.3 Å². The molecule has 2 aliphatic rings. The lowest BCUT2D eigenvalue weighted by molar-refractivity contribution is 0.0826. The maximum atomic E-state index is 5.45. The SMILES string of the molecule is Cn1cc(C2NCCn3c(C4CCOCC4)nnc32)cn1. The maximum Gasteiger partial charge on any atom is 0.154 e. The van der Waals surface area contributed by atoms with E-state index < -0.39 is 0 Å². The van der Waals surface area contributed by atoms with Crippen molar-refractivity contribution in [3.05, 3.63) is 29.6 Å². The van der Waals surface area contributed by atoms with Gasteiger partial charge in [0, 0.05) is 51.0 Å². The van der Waals surface area contributed by atoms with Gasteiger partial charge in [0.05, 0.1) is 12.2 Å². The topological polar surface area (TPSA) is 69.8 Å². The van der Waals surface area contributed by atoms with Crippen molar-refractivity contribution in [1.82, 2.24) is 29.9 Å². The first kappa shape index (κ1) is 13.0. The summed E-state index contributed by atoms with van der Waals surface area (Å²) in [5.41, 5.74) is 1.14. The zero-order valence-electron chi connectivity index (χ0n) is 12.2. The third kappa shape index (κ3) is 2.26. The van der Waals surface area contributed by atoms with Gasteiger partial charge in [-0.15, -0.1) is 10.2 Å². The van der Waals surface area contributed by atoms with E-state index in [2.05, 4.69) is 25.2 Å². The van der Waals surface area contributed by atoms with Crippen LogP contribution in [0.4, 0.5) is 0 Å². The smallest absolute Gasteiger partial charge is 0.154 e. The molecule has 7 heteroatoms. The van der Waals surface area contributed by atoms with E-state index in [1.807, 2.05) is 24.1 Å². The van der Waals surface area contributed by atoms with Gasteiger partial charge in [-0.1, -0.05) is 0 Å². The molecule has 1 atom stereocenters. The maximum absolute atomic E-state index is 5.45. The normalized spacial score (nSPS) is 23.2. The van der Waals surface area contributed by atoms with Crippen molar-refractivity contribution < 1.29 is 4.74 Å². The van der Waals surface area contributed by atoms with Crippen LogP contribution in [0.2, 0.25) is 0 Å². The largest absolute Gasteiger partial charge is 0.381 e. The molecular formula is C14H20N6O. The molecular weight excluding hydrogens is 268 g/mol. The third-order valence-corrected chi connectivity index (χ3v) is 4.39. The van der Waals surface area contributed by atoms with Gasteiger partial charge in [-0.3, -0.25) is 4.68 Å². The van der Waals surface area contributed by atoms with Crippen molar-refractivity contribution in [3.8, 4) is 0 Å². The summed E-state index contributed by atoms with van der Waals surface area (Å²) in [6.45, 7) is 3.53. The number of hydrogen-bond donors (Lipinski definition) is 1. The van der Waals surface area contributed by atoms with Crippen molar-refractivity contribution in [2.24, 2.45) is 7.05 Å². The fourth-order valence-corrected chi connectivity index (χ4v) is 3.30. The minimum Gasteiger partial charge on any atom is -0.381 e. The molecule has 1 unspecified atom stereocenters. The van der Waals surface area contributed by atoms with Gasteiger partial charge in [0.25, 0.3) is 0 Å². The Hall–Kier alpha value is -1.73. The summed E-state index contributed by atoms with van der Waals surface area (Å²) in [7, 11) is 1.94. The Balaban J connectivity index is 1.68. The van der Waals surface area contributed by atoms with Crippen LogP contribution >= 0.6 is 0 Å². The Labute approximate surface area is 123 Å². The molecule has 0 aromatic carbocycles. The van der Waals surface area contributed by atoms with E-state index in [9.17, 15) is 0 Å². The molecule has 7 nitrogen and oxygen atoms in total. The molecule has 1 fully saturated rings. The van der Waals surface area contributed by atoms with Crippen LogP contribution < -0.4 is 5.32 Å². The summed E-state index contributed by atoms with van der Waals surface area (Å²) in [6.07, 6.45) is 6.03. The summed E-state index contributed by atoms with van der Waals surface area (Å²) >= 11 is 0. The fourth-order valence-electron chi connectivity index (χ4n) is 3.30. The predicted molar refractivity (Wildman–Crippen MR) is 75.9 cm³/mol. The number of aryl methyl sites for hydroxylation is 1. The van der Waals surface area contributed by atoms with Crippen molar-refractivity contribution >= 4 is 0 Å². The summed E-state index contributed by atoms with van der Waals surface area (Å²) in [5, 5.41) is 16.7. The van der Waals surface area contributed by atoms with Gasteiger partial charge in [0.2, 0.25) is 0 Å². The van der Waals surface area contributed by atoms with E-state index in [0.29, 0.717) is 5.92 Å². The fraction of sp³-hybridized carbons (Fsp3) is 0.643. The molecule has 21 heavy (non-hydrogen) atoms. The van der Waals surface area contributed by atoms with E-state index in [0.717, 1.165) is 56.4 Å². The molecule has 0 amide bonds. The summed E-state index contributed by atoms with van der Waals surface area (Å²) in [6, 6.07) is 0.0912. The highest BCUT2D eigenvalue weighted by molar-refractivity contribution is 5.22. The van der Waals surface area contributed by atoms with Crippen LogP contribution in [0.1, 0.15) is 42.0 Å². The van der Waals surface area contributed by atoms with Crippen molar-refractivity contribution in [3.63, 3.8) is 0 Å². The number of nitrogens with one attached hydrogen (secondary N) is 1. The number of ether oxygens (including phenoxy) is 1. The van der Waals surface area contributed by atoms with Gasteiger partial charge >= 0.3 is 0 Å². The molecule has 4 heterocycles.